The average molecular weight is 575 g/mol. The number of benzene rings is 1. The monoisotopic (exact) mass is 575 g/mol. The van der Waals surface area contributed by atoms with Crippen LogP contribution in [0, 0.1) is 0 Å². The van der Waals surface area contributed by atoms with E-state index in [0.29, 0.717) is 0 Å². The highest BCUT2D eigenvalue weighted by Gasteiger charge is 2.22. The Labute approximate surface area is 254 Å². The molecule has 1 aliphatic heterocycles. The molecule has 1 aromatic rings. The van der Waals surface area contributed by atoms with E-state index in [-0.39, 0.29) is 12.5 Å². The van der Waals surface area contributed by atoms with Gasteiger partial charge in [0, 0.05) is 32.0 Å². The molecule has 1 aliphatic rings. The molecule has 0 saturated heterocycles. The van der Waals surface area contributed by atoms with Gasteiger partial charge in [-0.3, -0.25) is 9.80 Å². The highest BCUT2D eigenvalue weighted by Crippen LogP contribution is 2.25. The van der Waals surface area contributed by atoms with Crippen molar-refractivity contribution in [2.75, 3.05) is 39.4 Å². The number of hydrogen-bond donors (Lipinski definition) is 0. The van der Waals surface area contributed by atoms with E-state index in [0.717, 1.165) is 63.7 Å². The minimum atomic E-state index is 0.0316. The molecule has 1 heterocycles. The van der Waals surface area contributed by atoms with Gasteiger partial charge in [-0.1, -0.05) is 124 Å². The molecule has 0 radical (unpaired) electrons. The molecule has 2 rings (SSSR count). The van der Waals surface area contributed by atoms with Gasteiger partial charge in [-0.05, 0) is 38.1 Å². The number of rotatable bonds is 22. The number of nitrogens with zero attached hydrogens (tertiary/aromatic N) is 2. The molecule has 0 saturated carbocycles. The lowest BCUT2D eigenvalue weighted by molar-refractivity contribution is -0.0260. The van der Waals surface area contributed by atoms with Crippen molar-refractivity contribution < 1.29 is 14.2 Å². The summed E-state index contributed by atoms with van der Waals surface area (Å²) in [7, 11) is 0. The van der Waals surface area contributed by atoms with Gasteiger partial charge in [0.25, 0.3) is 0 Å². The maximum atomic E-state index is 6.60. The Bertz CT molecular complexity index is 675. The molecule has 5 heteroatoms. The van der Waals surface area contributed by atoms with E-state index in [1.807, 2.05) is 0 Å². The van der Waals surface area contributed by atoms with Crippen LogP contribution in [0.1, 0.15) is 143 Å². The molecule has 5 nitrogen and oxygen atoms in total. The fourth-order valence-corrected chi connectivity index (χ4v) is 5.95. The van der Waals surface area contributed by atoms with Gasteiger partial charge in [-0.15, -0.1) is 0 Å². The molecular weight excluding hydrogens is 508 g/mol. The van der Waals surface area contributed by atoms with Crippen molar-refractivity contribution >= 4 is 0 Å². The second-order valence-corrected chi connectivity index (χ2v) is 12.0. The van der Waals surface area contributed by atoms with Crippen LogP contribution in [0.5, 0.6) is 11.5 Å². The summed E-state index contributed by atoms with van der Waals surface area (Å²) >= 11 is 0. The van der Waals surface area contributed by atoms with Crippen LogP contribution >= 0.6 is 0 Å². The van der Waals surface area contributed by atoms with Crippen molar-refractivity contribution in [2.24, 2.45) is 0 Å². The van der Waals surface area contributed by atoms with E-state index in [1.165, 1.54) is 103 Å². The SMILES string of the molecule is CCCCCCCCCCN(CC)C1CCOCCC(N(CC)CCCCCCCCCC)Oc2cccc(c2)O1. The normalized spacial score (nSPS) is 18.1. The molecule has 1 aromatic carbocycles. The van der Waals surface area contributed by atoms with Crippen LogP contribution in [0.2, 0.25) is 0 Å². The van der Waals surface area contributed by atoms with Crippen LogP contribution < -0.4 is 9.47 Å². The predicted octanol–water partition coefficient (Wildman–Crippen LogP) is 9.83. The molecule has 0 amide bonds. The topological polar surface area (TPSA) is 34.2 Å². The van der Waals surface area contributed by atoms with Gasteiger partial charge >= 0.3 is 0 Å². The zero-order valence-electron chi connectivity index (χ0n) is 27.6. The molecule has 0 N–H and O–H groups in total. The lowest BCUT2D eigenvalue weighted by atomic mass is 10.1. The summed E-state index contributed by atoms with van der Waals surface area (Å²) in [5, 5.41) is 0. The molecule has 0 fully saturated rings. The first kappa shape index (κ1) is 35.9. The second kappa shape index (κ2) is 24.2. The quantitative estimate of drug-likeness (QED) is 0.129. The summed E-state index contributed by atoms with van der Waals surface area (Å²) in [6, 6.07) is 8.31. The van der Waals surface area contributed by atoms with Crippen LogP contribution in [-0.2, 0) is 4.74 Å². The van der Waals surface area contributed by atoms with Crippen LogP contribution in [0.25, 0.3) is 0 Å². The van der Waals surface area contributed by atoms with Crippen LogP contribution in [0.3, 0.4) is 0 Å². The summed E-state index contributed by atoms with van der Waals surface area (Å²) in [4.78, 5) is 4.98. The first-order valence-electron chi connectivity index (χ1n) is 17.7. The van der Waals surface area contributed by atoms with E-state index >= 15 is 0 Å². The van der Waals surface area contributed by atoms with Gasteiger partial charge in [-0.25, -0.2) is 0 Å². The fourth-order valence-electron chi connectivity index (χ4n) is 5.95. The zero-order valence-corrected chi connectivity index (χ0v) is 27.6. The Kier molecular flexibility index (Phi) is 21.2. The number of hydrogen-bond acceptors (Lipinski definition) is 5. The smallest absolute Gasteiger partial charge is 0.154 e. The Balaban J connectivity index is 1.88. The van der Waals surface area contributed by atoms with Gasteiger partial charge < -0.3 is 14.2 Å². The van der Waals surface area contributed by atoms with Crippen molar-refractivity contribution in [3.05, 3.63) is 24.3 Å². The molecule has 2 unspecified atom stereocenters. The highest BCUT2D eigenvalue weighted by molar-refractivity contribution is 5.33. The average Bonchev–Trinajstić information content (AvgIpc) is 2.98. The minimum absolute atomic E-state index is 0.0316. The Hall–Kier alpha value is -1.30. The van der Waals surface area contributed by atoms with Crippen LogP contribution in [-0.4, -0.2) is 61.6 Å². The molecule has 2 atom stereocenters. The Morgan fingerprint density at radius 2 is 0.951 bits per heavy atom. The van der Waals surface area contributed by atoms with E-state index in [2.05, 4.69) is 61.8 Å². The molecule has 2 bridgehead atoms. The summed E-state index contributed by atoms with van der Waals surface area (Å²) in [6.45, 7) is 14.7. The number of unbranched alkanes of at least 4 members (excludes halogenated alkanes) is 14. The standard InChI is InChI=1S/C36H66N2O3/c1-5-9-11-13-15-17-19-21-28-37(7-3)35-26-30-39-31-27-36(41-34-25-23-24-33(32-34)40-35)38(8-4)29-22-20-18-16-14-12-10-6-2/h23-25,32,35-36H,5-22,26-31H2,1-4H3. The zero-order chi connectivity index (χ0) is 29.4. The van der Waals surface area contributed by atoms with Gasteiger partial charge in [0.1, 0.15) is 11.5 Å². The van der Waals surface area contributed by atoms with E-state index in [4.69, 9.17) is 14.2 Å². The van der Waals surface area contributed by atoms with E-state index in [9.17, 15) is 0 Å². The molecular formula is C36H66N2O3. The van der Waals surface area contributed by atoms with Gasteiger partial charge in [0.2, 0.25) is 0 Å². The van der Waals surface area contributed by atoms with Gasteiger partial charge in [0.15, 0.2) is 12.5 Å². The molecule has 41 heavy (non-hydrogen) atoms. The summed E-state index contributed by atoms with van der Waals surface area (Å²) in [6.07, 6.45) is 23.4. The lowest BCUT2D eigenvalue weighted by Crippen LogP contribution is -2.42. The van der Waals surface area contributed by atoms with Crippen LogP contribution in [0.4, 0.5) is 0 Å². The van der Waals surface area contributed by atoms with Crippen molar-refractivity contribution in [3.8, 4) is 11.5 Å². The molecule has 0 aromatic heterocycles. The molecule has 238 valence electrons. The fraction of sp³-hybridized carbons (Fsp3) is 0.833. The Morgan fingerprint density at radius 1 is 0.561 bits per heavy atom. The van der Waals surface area contributed by atoms with Crippen molar-refractivity contribution in [2.45, 2.75) is 156 Å². The maximum absolute atomic E-state index is 6.60. The summed E-state index contributed by atoms with van der Waals surface area (Å²) < 4.78 is 19.4. The molecule has 0 spiro atoms. The van der Waals surface area contributed by atoms with Crippen molar-refractivity contribution in [1.29, 1.82) is 0 Å². The third kappa shape index (κ3) is 16.2. The Morgan fingerprint density at radius 3 is 1.34 bits per heavy atom. The largest absolute Gasteiger partial charge is 0.475 e. The first-order chi connectivity index (χ1) is 20.2. The van der Waals surface area contributed by atoms with Crippen molar-refractivity contribution in [3.63, 3.8) is 0 Å². The third-order valence-electron chi connectivity index (χ3n) is 8.59. The van der Waals surface area contributed by atoms with Crippen molar-refractivity contribution in [1.82, 2.24) is 9.80 Å². The second-order valence-electron chi connectivity index (χ2n) is 12.0. The van der Waals surface area contributed by atoms with Gasteiger partial charge in [0.05, 0.1) is 13.2 Å². The number of fused-ring (bicyclic) bond motifs is 2. The summed E-state index contributed by atoms with van der Waals surface area (Å²) in [5.74, 6) is 1.79. The minimum Gasteiger partial charge on any atom is -0.475 e. The summed E-state index contributed by atoms with van der Waals surface area (Å²) in [5.41, 5.74) is 0. The van der Waals surface area contributed by atoms with E-state index < -0.39 is 0 Å². The first-order valence-corrected chi connectivity index (χ1v) is 17.7. The number of ether oxygens (including phenoxy) is 3. The lowest BCUT2D eigenvalue weighted by Gasteiger charge is -2.33. The van der Waals surface area contributed by atoms with Crippen LogP contribution in [0.15, 0.2) is 24.3 Å². The highest BCUT2D eigenvalue weighted by atomic mass is 16.5. The molecule has 0 aliphatic carbocycles. The van der Waals surface area contributed by atoms with E-state index in [1.54, 1.807) is 0 Å². The maximum Gasteiger partial charge on any atom is 0.154 e. The third-order valence-corrected chi connectivity index (χ3v) is 8.59. The predicted molar refractivity (Wildman–Crippen MR) is 175 cm³/mol. The van der Waals surface area contributed by atoms with Gasteiger partial charge in [-0.2, -0.15) is 0 Å².